The molecule has 0 aliphatic heterocycles. The van der Waals surface area contributed by atoms with Crippen LogP contribution in [0.15, 0.2) is 48.5 Å². The maximum Gasteiger partial charge on any atom is 0.121 e. The highest BCUT2D eigenvalue weighted by molar-refractivity contribution is 5.48. The molecule has 1 N–H and O–H groups in total. The SMILES string of the molecule is COCCOc1cccc(NCCOc2ccc(OC)cc2)c1. The van der Waals surface area contributed by atoms with E-state index in [0.29, 0.717) is 26.4 Å². The molecule has 0 amide bonds. The molecule has 0 saturated carbocycles. The highest BCUT2D eigenvalue weighted by Crippen LogP contribution is 2.18. The fourth-order valence-corrected chi connectivity index (χ4v) is 1.97. The molecule has 2 aromatic carbocycles. The Kier molecular flexibility index (Phi) is 7.07. The van der Waals surface area contributed by atoms with Gasteiger partial charge in [-0.25, -0.2) is 0 Å². The third-order valence-electron chi connectivity index (χ3n) is 3.15. The number of methoxy groups -OCH3 is 2. The molecule has 0 radical (unpaired) electrons. The Labute approximate surface area is 137 Å². The lowest BCUT2D eigenvalue weighted by Crippen LogP contribution is -2.11. The fraction of sp³-hybridized carbons (Fsp3) is 0.333. The number of rotatable bonds is 10. The largest absolute Gasteiger partial charge is 0.497 e. The average molecular weight is 317 g/mol. The van der Waals surface area contributed by atoms with Gasteiger partial charge < -0.3 is 24.3 Å². The molecule has 124 valence electrons. The van der Waals surface area contributed by atoms with E-state index in [1.54, 1.807) is 14.2 Å². The van der Waals surface area contributed by atoms with Crippen molar-refractivity contribution < 1.29 is 18.9 Å². The van der Waals surface area contributed by atoms with E-state index < -0.39 is 0 Å². The first-order chi connectivity index (χ1) is 11.3. The molecule has 0 saturated heterocycles. The van der Waals surface area contributed by atoms with Crippen LogP contribution in [0.1, 0.15) is 0 Å². The highest BCUT2D eigenvalue weighted by atomic mass is 16.5. The van der Waals surface area contributed by atoms with Crippen molar-refractivity contribution in [2.45, 2.75) is 0 Å². The minimum Gasteiger partial charge on any atom is -0.497 e. The van der Waals surface area contributed by atoms with Crippen molar-refractivity contribution in [3.63, 3.8) is 0 Å². The maximum atomic E-state index is 5.67. The Morgan fingerprint density at radius 1 is 0.783 bits per heavy atom. The molecule has 0 aliphatic rings. The van der Waals surface area contributed by atoms with Crippen molar-refractivity contribution in [3.05, 3.63) is 48.5 Å². The molecular weight excluding hydrogens is 294 g/mol. The van der Waals surface area contributed by atoms with Crippen molar-refractivity contribution in [3.8, 4) is 17.2 Å². The molecule has 5 nitrogen and oxygen atoms in total. The van der Waals surface area contributed by atoms with Gasteiger partial charge in [0.2, 0.25) is 0 Å². The Balaban J connectivity index is 1.71. The summed E-state index contributed by atoms with van der Waals surface area (Å²) < 4.78 is 21.3. The highest BCUT2D eigenvalue weighted by Gasteiger charge is 1.98. The van der Waals surface area contributed by atoms with Gasteiger partial charge in [0.1, 0.15) is 30.5 Å². The first-order valence-corrected chi connectivity index (χ1v) is 7.54. The Morgan fingerprint density at radius 3 is 2.26 bits per heavy atom. The number of anilines is 1. The maximum absolute atomic E-state index is 5.67. The zero-order valence-corrected chi connectivity index (χ0v) is 13.6. The second-order valence-electron chi connectivity index (χ2n) is 4.82. The van der Waals surface area contributed by atoms with Crippen LogP contribution in [-0.2, 0) is 4.74 Å². The molecule has 0 heterocycles. The smallest absolute Gasteiger partial charge is 0.121 e. The predicted octanol–water partition coefficient (Wildman–Crippen LogP) is 3.21. The standard InChI is InChI=1S/C18H23NO4/c1-20-12-13-23-18-5-3-4-15(14-18)19-10-11-22-17-8-6-16(21-2)7-9-17/h3-9,14,19H,10-13H2,1-2H3. The van der Waals surface area contributed by atoms with E-state index in [0.717, 1.165) is 22.9 Å². The molecule has 0 atom stereocenters. The van der Waals surface area contributed by atoms with Crippen LogP contribution in [0.25, 0.3) is 0 Å². The van der Waals surface area contributed by atoms with Gasteiger partial charge in [0.25, 0.3) is 0 Å². The van der Waals surface area contributed by atoms with Crippen molar-refractivity contribution in [1.82, 2.24) is 0 Å². The first kappa shape index (κ1) is 17.0. The third-order valence-corrected chi connectivity index (χ3v) is 3.15. The predicted molar refractivity (Wildman–Crippen MR) is 90.8 cm³/mol. The van der Waals surface area contributed by atoms with Crippen LogP contribution < -0.4 is 19.5 Å². The molecule has 2 rings (SSSR count). The van der Waals surface area contributed by atoms with Crippen LogP contribution >= 0.6 is 0 Å². The number of ether oxygens (including phenoxy) is 4. The van der Waals surface area contributed by atoms with Crippen molar-refractivity contribution in [2.24, 2.45) is 0 Å². The fourth-order valence-electron chi connectivity index (χ4n) is 1.97. The van der Waals surface area contributed by atoms with Crippen LogP contribution in [0, 0.1) is 0 Å². The molecular formula is C18H23NO4. The van der Waals surface area contributed by atoms with Crippen LogP contribution in [0.5, 0.6) is 17.2 Å². The Morgan fingerprint density at radius 2 is 1.52 bits per heavy atom. The molecule has 0 spiro atoms. The van der Waals surface area contributed by atoms with E-state index in [9.17, 15) is 0 Å². The lowest BCUT2D eigenvalue weighted by atomic mass is 10.3. The van der Waals surface area contributed by atoms with Gasteiger partial charge in [-0.15, -0.1) is 0 Å². The van der Waals surface area contributed by atoms with Gasteiger partial charge in [-0.3, -0.25) is 0 Å². The topological polar surface area (TPSA) is 49.0 Å². The van der Waals surface area contributed by atoms with Gasteiger partial charge in [-0.1, -0.05) is 6.07 Å². The molecule has 0 unspecified atom stereocenters. The summed E-state index contributed by atoms with van der Waals surface area (Å²) in [5.74, 6) is 2.47. The minimum atomic E-state index is 0.542. The lowest BCUT2D eigenvalue weighted by Gasteiger charge is -2.11. The summed E-state index contributed by atoms with van der Waals surface area (Å²) in [7, 11) is 3.30. The number of benzene rings is 2. The first-order valence-electron chi connectivity index (χ1n) is 7.54. The van der Waals surface area contributed by atoms with Crippen molar-refractivity contribution >= 4 is 5.69 Å². The lowest BCUT2D eigenvalue weighted by molar-refractivity contribution is 0.146. The molecule has 5 heteroatoms. The van der Waals surface area contributed by atoms with Crippen LogP contribution in [0.4, 0.5) is 5.69 Å². The summed E-state index contributed by atoms with van der Waals surface area (Å²) in [5, 5.41) is 3.31. The quantitative estimate of drug-likeness (QED) is 0.682. The van der Waals surface area contributed by atoms with Gasteiger partial charge in [0, 0.05) is 25.4 Å². The van der Waals surface area contributed by atoms with E-state index in [-0.39, 0.29) is 0 Å². The molecule has 0 aliphatic carbocycles. The second kappa shape index (κ2) is 9.58. The summed E-state index contributed by atoms with van der Waals surface area (Å²) in [6, 6.07) is 15.4. The third kappa shape index (κ3) is 6.08. The van der Waals surface area contributed by atoms with E-state index in [1.807, 2.05) is 48.5 Å². The van der Waals surface area contributed by atoms with E-state index in [4.69, 9.17) is 18.9 Å². The number of nitrogens with one attached hydrogen (secondary N) is 1. The molecule has 23 heavy (non-hydrogen) atoms. The molecule has 0 fully saturated rings. The van der Waals surface area contributed by atoms with Gasteiger partial charge in [-0.05, 0) is 36.4 Å². The number of hydrogen-bond donors (Lipinski definition) is 1. The molecule has 2 aromatic rings. The summed E-state index contributed by atoms with van der Waals surface area (Å²) >= 11 is 0. The average Bonchev–Trinajstić information content (AvgIpc) is 2.60. The van der Waals surface area contributed by atoms with Gasteiger partial charge in [0.15, 0.2) is 0 Å². The van der Waals surface area contributed by atoms with E-state index >= 15 is 0 Å². The Bertz CT molecular complexity index is 571. The monoisotopic (exact) mass is 317 g/mol. The minimum absolute atomic E-state index is 0.542. The summed E-state index contributed by atoms with van der Waals surface area (Å²) in [5.41, 5.74) is 0.998. The van der Waals surface area contributed by atoms with Crippen molar-refractivity contribution in [2.75, 3.05) is 45.9 Å². The van der Waals surface area contributed by atoms with Gasteiger partial charge in [0.05, 0.1) is 13.7 Å². The molecule has 0 bridgehead atoms. The Hall–Kier alpha value is -2.40. The summed E-state index contributed by atoms with van der Waals surface area (Å²) in [6.45, 7) is 2.39. The van der Waals surface area contributed by atoms with Gasteiger partial charge >= 0.3 is 0 Å². The van der Waals surface area contributed by atoms with E-state index in [1.165, 1.54) is 0 Å². The zero-order chi connectivity index (χ0) is 16.3. The number of hydrogen-bond acceptors (Lipinski definition) is 5. The van der Waals surface area contributed by atoms with Crippen molar-refractivity contribution in [1.29, 1.82) is 0 Å². The van der Waals surface area contributed by atoms with Gasteiger partial charge in [-0.2, -0.15) is 0 Å². The summed E-state index contributed by atoms with van der Waals surface area (Å²) in [6.07, 6.45) is 0. The summed E-state index contributed by atoms with van der Waals surface area (Å²) in [4.78, 5) is 0. The van der Waals surface area contributed by atoms with Crippen LogP contribution in [0.3, 0.4) is 0 Å². The van der Waals surface area contributed by atoms with E-state index in [2.05, 4.69) is 5.32 Å². The zero-order valence-electron chi connectivity index (χ0n) is 13.6. The second-order valence-corrected chi connectivity index (χ2v) is 4.82. The van der Waals surface area contributed by atoms with Crippen LogP contribution in [0.2, 0.25) is 0 Å². The van der Waals surface area contributed by atoms with Crippen LogP contribution in [-0.4, -0.2) is 40.6 Å². The molecule has 0 aromatic heterocycles. The normalized spacial score (nSPS) is 10.2.